The van der Waals surface area contributed by atoms with Crippen LogP contribution in [0.5, 0.6) is 0 Å². The predicted octanol–water partition coefficient (Wildman–Crippen LogP) is 6.28. The first-order valence-corrected chi connectivity index (χ1v) is 12.6. The quantitative estimate of drug-likeness (QED) is 0.325. The van der Waals surface area contributed by atoms with Gasteiger partial charge in [-0.1, -0.05) is 66.7 Å². The molecule has 0 spiro atoms. The van der Waals surface area contributed by atoms with Crippen molar-refractivity contribution in [2.45, 2.75) is 45.1 Å². The second kappa shape index (κ2) is 10.4. The molecule has 1 aromatic heterocycles. The maximum absolute atomic E-state index is 11.4. The van der Waals surface area contributed by atoms with Gasteiger partial charge in [-0.25, -0.2) is 14.8 Å². The number of nitrogens with one attached hydrogen (secondary N) is 1. The summed E-state index contributed by atoms with van der Waals surface area (Å²) in [5, 5.41) is 5.98. The molecule has 184 valence electrons. The molecular weight excluding hydrogens is 448 g/mol. The minimum atomic E-state index is -0.711. The maximum atomic E-state index is 11.4. The van der Waals surface area contributed by atoms with Crippen molar-refractivity contribution in [2.75, 3.05) is 11.9 Å². The maximum Gasteiger partial charge on any atom is 0.404 e. The SMILES string of the molecule is Cc1cnc(NC2CCC(COC(N)=O)(Cc3ccccc3)CC2)nc1-c1ccc2ccccc2c1. The summed E-state index contributed by atoms with van der Waals surface area (Å²) in [5.74, 6) is 0.651. The predicted molar refractivity (Wildman–Crippen MR) is 144 cm³/mol. The zero-order valence-electron chi connectivity index (χ0n) is 20.6. The van der Waals surface area contributed by atoms with Gasteiger partial charge in [0.2, 0.25) is 5.95 Å². The molecule has 1 amide bonds. The van der Waals surface area contributed by atoms with Gasteiger partial charge in [0, 0.05) is 23.2 Å². The number of hydrogen-bond donors (Lipinski definition) is 2. The van der Waals surface area contributed by atoms with E-state index in [9.17, 15) is 4.79 Å². The second-order valence-electron chi connectivity index (χ2n) is 9.98. The number of carbonyl (C=O) groups is 1. The van der Waals surface area contributed by atoms with Gasteiger partial charge in [-0.3, -0.25) is 0 Å². The lowest BCUT2D eigenvalue weighted by molar-refractivity contribution is 0.0577. The minimum absolute atomic E-state index is 0.112. The van der Waals surface area contributed by atoms with Crippen LogP contribution in [0.15, 0.2) is 79.0 Å². The molecule has 5 rings (SSSR count). The van der Waals surface area contributed by atoms with Gasteiger partial charge in [0.1, 0.15) is 0 Å². The fourth-order valence-electron chi connectivity index (χ4n) is 5.32. The van der Waals surface area contributed by atoms with Crippen LogP contribution < -0.4 is 11.1 Å². The highest BCUT2D eigenvalue weighted by Gasteiger charge is 2.37. The normalized spacial score (nSPS) is 19.6. The Hall–Kier alpha value is -3.93. The van der Waals surface area contributed by atoms with Crippen LogP contribution in [0, 0.1) is 12.3 Å². The molecule has 1 aliphatic rings. The van der Waals surface area contributed by atoms with E-state index < -0.39 is 6.09 Å². The molecule has 0 atom stereocenters. The third-order valence-corrected chi connectivity index (χ3v) is 7.32. The molecule has 0 radical (unpaired) electrons. The van der Waals surface area contributed by atoms with Gasteiger partial charge >= 0.3 is 6.09 Å². The van der Waals surface area contributed by atoms with Crippen molar-refractivity contribution in [3.63, 3.8) is 0 Å². The number of aromatic nitrogens is 2. The number of primary amides is 1. The number of rotatable bonds is 7. The Morgan fingerprint density at radius 3 is 2.50 bits per heavy atom. The van der Waals surface area contributed by atoms with Crippen LogP contribution in [-0.4, -0.2) is 28.7 Å². The van der Waals surface area contributed by atoms with Gasteiger partial charge in [-0.05, 0) is 67.0 Å². The smallest absolute Gasteiger partial charge is 0.404 e. The Kier molecular flexibility index (Phi) is 6.85. The number of benzene rings is 3. The van der Waals surface area contributed by atoms with E-state index in [2.05, 4.69) is 64.9 Å². The summed E-state index contributed by atoms with van der Waals surface area (Å²) in [7, 11) is 0. The molecule has 0 aliphatic heterocycles. The summed E-state index contributed by atoms with van der Waals surface area (Å²) in [4.78, 5) is 20.8. The molecule has 4 aromatic rings. The highest BCUT2D eigenvalue weighted by molar-refractivity contribution is 5.87. The lowest BCUT2D eigenvalue weighted by atomic mass is 9.69. The molecule has 1 fully saturated rings. The van der Waals surface area contributed by atoms with Gasteiger partial charge in [0.25, 0.3) is 0 Å². The second-order valence-corrected chi connectivity index (χ2v) is 9.98. The van der Waals surface area contributed by atoms with E-state index in [4.69, 9.17) is 15.5 Å². The van der Waals surface area contributed by atoms with Gasteiger partial charge in [-0.2, -0.15) is 0 Å². The monoisotopic (exact) mass is 480 g/mol. The Bertz CT molecular complexity index is 1350. The number of ether oxygens (including phenoxy) is 1. The van der Waals surface area contributed by atoms with Gasteiger partial charge < -0.3 is 15.8 Å². The number of aryl methyl sites for hydroxylation is 1. The van der Waals surface area contributed by atoms with Crippen molar-refractivity contribution in [3.8, 4) is 11.3 Å². The number of hydrogen-bond acceptors (Lipinski definition) is 5. The van der Waals surface area contributed by atoms with E-state index >= 15 is 0 Å². The third-order valence-electron chi connectivity index (χ3n) is 7.32. The average Bonchev–Trinajstić information content (AvgIpc) is 2.90. The molecule has 1 heterocycles. The van der Waals surface area contributed by atoms with E-state index in [0.717, 1.165) is 48.9 Å². The lowest BCUT2D eigenvalue weighted by Crippen LogP contribution is -2.39. The Balaban J connectivity index is 1.30. The van der Waals surface area contributed by atoms with E-state index in [1.54, 1.807) is 0 Å². The molecule has 0 saturated heterocycles. The highest BCUT2D eigenvalue weighted by atomic mass is 16.5. The zero-order chi connectivity index (χ0) is 25.0. The number of fused-ring (bicyclic) bond motifs is 1. The lowest BCUT2D eigenvalue weighted by Gasteiger charge is -2.40. The molecule has 0 bridgehead atoms. The summed E-state index contributed by atoms with van der Waals surface area (Å²) in [5.41, 5.74) is 9.52. The summed E-state index contributed by atoms with van der Waals surface area (Å²) in [6.45, 7) is 2.39. The minimum Gasteiger partial charge on any atom is -0.449 e. The van der Waals surface area contributed by atoms with Crippen molar-refractivity contribution < 1.29 is 9.53 Å². The third kappa shape index (κ3) is 5.48. The Morgan fingerprint density at radius 2 is 1.75 bits per heavy atom. The molecule has 1 saturated carbocycles. The topological polar surface area (TPSA) is 90.1 Å². The fraction of sp³-hybridized carbons (Fsp3) is 0.300. The van der Waals surface area contributed by atoms with Crippen LogP contribution in [0.4, 0.5) is 10.7 Å². The van der Waals surface area contributed by atoms with E-state index in [1.807, 2.05) is 31.3 Å². The molecule has 3 aromatic carbocycles. The first-order chi connectivity index (χ1) is 17.5. The molecule has 0 unspecified atom stereocenters. The number of amides is 1. The van der Waals surface area contributed by atoms with Crippen LogP contribution in [0.1, 0.15) is 36.8 Å². The number of nitrogens with two attached hydrogens (primary N) is 1. The first kappa shape index (κ1) is 23.8. The highest BCUT2D eigenvalue weighted by Crippen LogP contribution is 2.40. The van der Waals surface area contributed by atoms with Gasteiger partial charge in [0.15, 0.2) is 0 Å². The first-order valence-electron chi connectivity index (χ1n) is 12.6. The number of carbonyl (C=O) groups excluding carboxylic acids is 1. The molecule has 6 heteroatoms. The van der Waals surface area contributed by atoms with Crippen LogP contribution in [0.25, 0.3) is 22.0 Å². The molecule has 36 heavy (non-hydrogen) atoms. The molecule has 6 nitrogen and oxygen atoms in total. The van der Waals surface area contributed by atoms with Crippen LogP contribution in [-0.2, 0) is 11.2 Å². The van der Waals surface area contributed by atoms with E-state index in [1.165, 1.54) is 16.3 Å². The van der Waals surface area contributed by atoms with Gasteiger partial charge in [0.05, 0.1) is 12.3 Å². The summed E-state index contributed by atoms with van der Waals surface area (Å²) in [6, 6.07) is 25.4. The molecule has 1 aliphatic carbocycles. The number of nitrogens with zero attached hydrogens (tertiary/aromatic N) is 2. The van der Waals surface area contributed by atoms with E-state index in [0.29, 0.717) is 12.6 Å². The Labute approximate surface area is 211 Å². The number of anilines is 1. The fourth-order valence-corrected chi connectivity index (χ4v) is 5.32. The summed E-state index contributed by atoms with van der Waals surface area (Å²) in [6.07, 6.45) is 5.78. The van der Waals surface area contributed by atoms with Crippen LogP contribution >= 0.6 is 0 Å². The van der Waals surface area contributed by atoms with Gasteiger partial charge in [-0.15, -0.1) is 0 Å². The molecular formula is C30H32N4O2. The van der Waals surface area contributed by atoms with Crippen LogP contribution in [0.2, 0.25) is 0 Å². The zero-order valence-corrected chi connectivity index (χ0v) is 20.6. The van der Waals surface area contributed by atoms with Crippen molar-refractivity contribution in [2.24, 2.45) is 11.1 Å². The van der Waals surface area contributed by atoms with Crippen molar-refractivity contribution in [3.05, 3.63) is 90.1 Å². The Morgan fingerprint density at radius 1 is 1.03 bits per heavy atom. The van der Waals surface area contributed by atoms with Crippen LogP contribution in [0.3, 0.4) is 0 Å². The van der Waals surface area contributed by atoms with Crippen molar-refractivity contribution >= 4 is 22.8 Å². The summed E-state index contributed by atoms with van der Waals surface area (Å²) < 4.78 is 5.31. The summed E-state index contributed by atoms with van der Waals surface area (Å²) >= 11 is 0. The van der Waals surface area contributed by atoms with E-state index in [-0.39, 0.29) is 11.5 Å². The largest absolute Gasteiger partial charge is 0.449 e. The average molecular weight is 481 g/mol. The molecule has 3 N–H and O–H groups in total. The van der Waals surface area contributed by atoms with Crippen molar-refractivity contribution in [1.29, 1.82) is 0 Å². The van der Waals surface area contributed by atoms with Crippen molar-refractivity contribution in [1.82, 2.24) is 9.97 Å². The standard InChI is InChI=1S/C30H32N4O2/c1-21-19-32-29(34-27(21)25-12-11-23-9-5-6-10-24(23)17-25)33-26-13-15-30(16-14-26,20-36-28(31)35)18-22-7-3-2-4-8-22/h2-12,17,19,26H,13-16,18,20H2,1H3,(H2,31,35)(H,32,33,34).